The van der Waals surface area contributed by atoms with Gasteiger partial charge in [-0.05, 0) is 31.9 Å². The lowest BCUT2D eigenvalue weighted by molar-refractivity contribution is 0.274. The fourth-order valence-electron chi connectivity index (χ4n) is 1.44. The first-order chi connectivity index (χ1) is 7.97. The lowest BCUT2D eigenvalue weighted by Gasteiger charge is -2.09. The Morgan fingerprint density at radius 2 is 1.94 bits per heavy atom. The van der Waals surface area contributed by atoms with Crippen LogP contribution in [0.3, 0.4) is 0 Å². The third kappa shape index (κ3) is 2.68. The van der Waals surface area contributed by atoms with Gasteiger partial charge in [-0.3, -0.25) is 4.18 Å². The summed E-state index contributed by atoms with van der Waals surface area (Å²) in [5, 5.41) is 0. The second kappa shape index (κ2) is 4.17. The average molecular weight is 250 g/mol. The van der Waals surface area contributed by atoms with Gasteiger partial charge in [-0.1, -0.05) is 23.6 Å². The Morgan fingerprint density at radius 3 is 2.41 bits per heavy atom. The van der Waals surface area contributed by atoms with Gasteiger partial charge in [-0.2, -0.15) is 8.42 Å². The molecule has 0 unspecified atom stereocenters. The molecule has 3 nitrogen and oxygen atoms in total. The summed E-state index contributed by atoms with van der Waals surface area (Å²) in [4.78, 5) is 0.177. The van der Waals surface area contributed by atoms with Crippen molar-refractivity contribution in [3.8, 4) is 12.3 Å². The molecule has 1 aliphatic rings. The molecule has 0 amide bonds. The molecule has 1 saturated carbocycles. The third-order valence-corrected chi connectivity index (χ3v) is 4.24. The number of hydrogen-bond acceptors (Lipinski definition) is 3. The maximum atomic E-state index is 11.8. The molecule has 0 bridgehead atoms. The molecule has 17 heavy (non-hydrogen) atoms. The summed E-state index contributed by atoms with van der Waals surface area (Å²) in [6, 6.07) is 6.56. The van der Waals surface area contributed by atoms with Gasteiger partial charge in [0.15, 0.2) is 0 Å². The van der Waals surface area contributed by atoms with Gasteiger partial charge in [-0.15, -0.1) is 6.42 Å². The second-order valence-electron chi connectivity index (χ2n) is 4.45. The molecule has 90 valence electrons. The van der Waals surface area contributed by atoms with Crippen molar-refractivity contribution in [1.29, 1.82) is 0 Å². The molecule has 0 heterocycles. The van der Waals surface area contributed by atoms with E-state index < -0.39 is 10.1 Å². The smallest absolute Gasteiger partial charge is 0.265 e. The molecule has 0 saturated heterocycles. The zero-order valence-corrected chi connectivity index (χ0v) is 10.5. The van der Waals surface area contributed by atoms with Gasteiger partial charge in [0, 0.05) is 0 Å². The predicted octanol–water partition coefficient (Wildman–Crippen LogP) is 2.11. The Morgan fingerprint density at radius 1 is 1.35 bits per heavy atom. The normalized spacial score (nSPS) is 17.4. The Kier molecular flexibility index (Phi) is 2.98. The topological polar surface area (TPSA) is 43.4 Å². The van der Waals surface area contributed by atoms with Crippen molar-refractivity contribution in [1.82, 2.24) is 0 Å². The van der Waals surface area contributed by atoms with E-state index >= 15 is 0 Å². The molecule has 1 aliphatic carbocycles. The van der Waals surface area contributed by atoms with Crippen molar-refractivity contribution in [2.45, 2.75) is 24.7 Å². The van der Waals surface area contributed by atoms with Crippen LogP contribution in [0.25, 0.3) is 0 Å². The van der Waals surface area contributed by atoms with Gasteiger partial charge >= 0.3 is 0 Å². The van der Waals surface area contributed by atoms with Crippen LogP contribution < -0.4 is 0 Å². The minimum atomic E-state index is -3.68. The highest BCUT2D eigenvalue weighted by Gasteiger charge is 2.42. The van der Waals surface area contributed by atoms with E-state index in [4.69, 9.17) is 10.6 Å². The molecule has 1 fully saturated rings. The molecule has 0 aliphatic heterocycles. The van der Waals surface area contributed by atoms with Crippen LogP contribution in [0.2, 0.25) is 0 Å². The highest BCUT2D eigenvalue weighted by molar-refractivity contribution is 7.86. The molecule has 0 atom stereocenters. The summed E-state index contributed by atoms with van der Waals surface area (Å²) in [5.74, 6) is 2.60. The van der Waals surface area contributed by atoms with E-state index in [2.05, 4.69) is 5.92 Å². The second-order valence-corrected chi connectivity index (χ2v) is 6.07. The summed E-state index contributed by atoms with van der Waals surface area (Å²) in [6.45, 7) is 1.98. The number of aryl methyl sites for hydroxylation is 1. The number of benzene rings is 1. The molecule has 0 aromatic heterocycles. The van der Waals surface area contributed by atoms with Crippen LogP contribution in [0.5, 0.6) is 0 Å². The molecule has 1 aromatic carbocycles. The van der Waals surface area contributed by atoms with E-state index in [1.54, 1.807) is 24.3 Å². The average Bonchev–Trinajstić information content (AvgIpc) is 3.08. The monoisotopic (exact) mass is 250 g/mol. The van der Waals surface area contributed by atoms with Crippen LogP contribution in [-0.4, -0.2) is 15.0 Å². The molecule has 0 spiro atoms. The quantitative estimate of drug-likeness (QED) is 0.607. The molecule has 2 rings (SSSR count). The van der Waals surface area contributed by atoms with Crippen molar-refractivity contribution in [3.05, 3.63) is 29.8 Å². The van der Waals surface area contributed by atoms with Crippen molar-refractivity contribution < 1.29 is 12.6 Å². The van der Waals surface area contributed by atoms with Gasteiger partial charge in [0.25, 0.3) is 10.1 Å². The van der Waals surface area contributed by atoms with E-state index in [-0.39, 0.29) is 16.9 Å². The first-order valence-corrected chi connectivity index (χ1v) is 6.82. The van der Waals surface area contributed by atoms with Crippen LogP contribution in [0.15, 0.2) is 29.2 Å². The molecule has 1 aromatic rings. The first-order valence-electron chi connectivity index (χ1n) is 5.41. The van der Waals surface area contributed by atoms with Crippen LogP contribution >= 0.6 is 0 Å². The maximum Gasteiger partial charge on any atom is 0.297 e. The van der Waals surface area contributed by atoms with E-state index in [1.165, 1.54) is 0 Å². The zero-order valence-electron chi connectivity index (χ0n) is 9.64. The van der Waals surface area contributed by atoms with Crippen molar-refractivity contribution >= 4 is 10.1 Å². The Labute approximate surface area is 102 Å². The summed E-state index contributed by atoms with van der Waals surface area (Å²) in [5.41, 5.74) is 0.656. The molecule has 4 heteroatoms. The van der Waals surface area contributed by atoms with Gasteiger partial charge in [0.2, 0.25) is 0 Å². The molecular weight excluding hydrogens is 236 g/mol. The third-order valence-electron chi connectivity index (χ3n) is 2.96. The minimum absolute atomic E-state index is 0.0830. The first kappa shape index (κ1) is 12.2. The minimum Gasteiger partial charge on any atom is -0.265 e. The van der Waals surface area contributed by atoms with Crippen LogP contribution in [-0.2, 0) is 14.3 Å². The molecule has 0 N–H and O–H groups in total. The van der Waals surface area contributed by atoms with E-state index in [1.807, 2.05) is 6.92 Å². The molecule has 0 radical (unpaired) electrons. The standard InChI is InChI=1S/C13H14O3S/c1-3-13(8-9-13)10-16-17(14,15)12-6-4-11(2)5-7-12/h1,4-7H,8-10H2,2H3. The number of terminal acetylenes is 1. The highest BCUT2D eigenvalue weighted by atomic mass is 32.2. The van der Waals surface area contributed by atoms with Gasteiger partial charge in [-0.25, -0.2) is 0 Å². The van der Waals surface area contributed by atoms with E-state index in [0.717, 1.165) is 18.4 Å². The van der Waals surface area contributed by atoms with Gasteiger partial charge < -0.3 is 0 Å². The summed E-state index contributed by atoms with van der Waals surface area (Å²) < 4.78 is 28.7. The van der Waals surface area contributed by atoms with E-state index in [0.29, 0.717) is 0 Å². The number of hydrogen-bond donors (Lipinski definition) is 0. The van der Waals surface area contributed by atoms with Crippen molar-refractivity contribution in [3.63, 3.8) is 0 Å². The Hall–Kier alpha value is -1.31. The predicted molar refractivity (Wildman–Crippen MR) is 64.8 cm³/mol. The van der Waals surface area contributed by atoms with Crippen molar-refractivity contribution in [2.75, 3.05) is 6.61 Å². The molecular formula is C13H14O3S. The fourth-order valence-corrected chi connectivity index (χ4v) is 2.43. The van der Waals surface area contributed by atoms with Crippen LogP contribution in [0, 0.1) is 24.7 Å². The lowest BCUT2D eigenvalue weighted by atomic mass is 10.1. The van der Waals surface area contributed by atoms with Crippen LogP contribution in [0.1, 0.15) is 18.4 Å². The van der Waals surface area contributed by atoms with E-state index in [9.17, 15) is 8.42 Å². The fraction of sp³-hybridized carbons (Fsp3) is 0.385. The zero-order chi connectivity index (χ0) is 12.5. The summed E-state index contributed by atoms with van der Waals surface area (Å²) in [7, 11) is -3.68. The lowest BCUT2D eigenvalue weighted by Crippen LogP contribution is -2.14. The summed E-state index contributed by atoms with van der Waals surface area (Å²) in [6.07, 6.45) is 7.01. The van der Waals surface area contributed by atoms with Gasteiger partial charge in [0.05, 0.1) is 16.9 Å². The largest absolute Gasteiger partial charge is 0.297 e. The summed E-state index contributed by atoms with van der Waals surface area (Å²) >= 11 is 0. The Balaban J connectivity index is 2.09. The Bertz CT molecular complexity index is 545. The van der Waals surface area contributed by atoms with Crippen LogP contribution in [0.4, 0.5) is 0 Å². The highest BCUT2D eigenvalue weighted by Crippen LogP contribution is 2.45. The maximum absolute atomic E-state index is 11.8. The van der Waals surface area contributed by atoms with Crippen molar-refractivity contribution in [2.24, 2.45) is 5.41 Å². The number of rotatable bonds is 4. The van der Waals surface area contributed by atoms with Gasteiger partial charge in [0.1, 0.15) is 0 Å². The SMILES string of the molecule is C#CC1(COS(=O)(=O)c2ccc(C)cc2)CC1.